The van der Waals surface area contributed by atoms with E-state index in [-0.39, 0.29) is 16.7 Å². The Hall–Kier alpha value is -0.910. The highest BCUT2D eigenvalue weighted by Gasteiger charge is 2.25. The summed E-state index contributed by atoms with van der Waals surface area (Å²) < 4.78 is 33.0. The second-order valence-corrected chi connectivity index (χ2v) is 8.95. The summed E-state index contributed by atoms with van der Waals surface area (Å²) >= 11 is 0. The monoisotopic (exact) mass is 385 g/mol. The topological polar surface area (TPSA) is 57.6 Å². The molecule has 26 heavy (non-hydrogen) atoms. The van der Waals surface area contributed by atoms with Gasteiger partial charge >= 0.3 is 0 Å². The number of hydrogen-bond acceptors (Lipinski definition) is 3. The van der Waals surface area contributed by atoms with E-state index in [1.165, 1.54) is 19.6 Å². The molecule has 0 radical (unpaired) electrons. The van der Waals surface area contributed by atoms with Gasteiger partial charge in [-0.2, -0.15) is 8.42 Å². The van der Waals surface area contributed by atoms with Gasteiger partial charge in [0.15, 0.2) is 0 Å². The van der Waals surface area contributed by atoms with Crippen molar-refractivity contribution < 1.29 is 13.0 Å². The Morgan fingerprint density at radius 1 is 0.808 bits per heavy atom. The van der Waals surface area contributed by atoms with Crippen LogP contribution in [0.3, 0.4) is 0 Å². The van der Waals surface area contributed by atoms with E-state index >= 15 is 0 Å². The lowest BCUT2D eigenvalue weighted by atomic mass is 9.89. The third kappa shape index (κ3) is 7.37. The fraction of sp³-hybridized carbons (Fsp3) is 0.714. The Labute approximate surface area is 161 Å². The van der Waals surface area contributed by atoms with E-state index in [1.807, 2.05) is 39.8 Å². The lowest BCUT2D eigenvalue weighted by molar-refractivity contribution is 0.321. The first-order chi connectivity index (χ1) is 11.9. The molecule has 0 aliphatic carbocycles. The van der Waals surface area contributed by atoms with Crippen LogP contribution >= 0.6 is 0 Å². The van der Waals surface area contributed by atoms with E-state index in [9.17, 15) is 13.0 Å². The highest BCUT2D eigenvalue weighted by Crippen LogP contribution is 2.34. The molecule has 0 fully saturated rings. The van der Waals surface area contributed by atoms with Gasteiger partial charge < -0.3 is 4.90 Å². The molecule has 5 heteroatoms. The van der Waals surface area contributed by atoms with Crippen molar-refractivity contribution in [2.24, 2.45) is 0 Å². The van der Waals surface area contributed by atoms with E-state index in [0.29, 0.717) is 17.0 Å². The van der Waals surface area contributed by atoms with E-state index in [0.717, 1.165) is 5.56 Å². The molecular weight excluding hydrogens is 346 g/mol. The average molecular weight is 386 g/mol. The molecular formula is C21H39NO3S. The molecule has 0 spiro atoms. The molecule has 4 nitrogen and oxygen atoms in total. The summed E-state index contributed by atoms with van der Waals surface area (Å²) in [6.07, 6.45) is 0. The Balaban J connectivity index is 0.000000758. The Morgan fingerprint density at radius 3 is 1.31 bits per heavy atom. The zero-order valence-corrected chi connectivity index (χ0v) is 18.9. The predicted molar refractivity (Wildman–Crippen MR) is 112 cm³/mol. The molecule has 0 amide bonds. The van der Waals surface area contributed by atoms with Gasteiger partial charge in [0.05, 0.1) is 0 Å². The maximum atomic E-state index is 11.7. The molecule has 0 aliphatic heterocycles. The Bertz CT molecular complexity index is 611. The van der Waals surface area contributed by atoms with Crippen LogP contribution in [0.15, 0.2) is 17.0 Å². The van der Waals surface area contributed by atoms with Gasteiger partial charge in [0.2, 0.25) is 0 Å². The molecule has 1 rings (SSSR count). The van der Waals surface area contributed by atoms with Crippen molar-refractivity contribution in [2.75, 3.05) is 19.6 Å². The molecule has 1 aromatic rings. The summed E-state index contributed by atoms with van der Waals surface area (Å²) in [6, 6.07) is 3.81. The molecule has 0 saturated carbocycles. The summed E-state index contributed by atoms with van der Waals surface area (Å²) in [7, 11) is -4.20. The van der Waals surface area contributed by atoms with Crippen LogP contribution in [0, 0.1) is 0 Å². The zero-order chi connectivity index (χ0) is 20.7. The minimum atomic E-state index is -4.20. The smallest absolute Gasteiger partial charge is 0.295 e. The minimum Gasteiger partial charge on any atom is -0.304 e. The van der Waals surface area contributed by atoms with Crippen molar-refractivity contribution in [2.45, 2.75) is 85.0 Å². The van der Waals surface area contributed by atoms with Gasteiger partial charge in [-0.15, -0.1) is 0 Å². The van der Waals surface area contributed by atoms with Crippen LogP contribution in [-0.4, -0.2) is 37.5 Å². The van der Waals surface area contributed by atoms with Gasteiger partial charge in [0, 0.05) is 0 Å². The standard InChI is InChI=1S/C15H24O3S.C6H15N/c1-9(2)12-7-13(10(3)4)15(19(16,17)18)14(8-12)11(5)6;1-4-7(5-2)6-3/h7-11H,1-6H3,(H,16,17,18);4-6H2,1-3H3. The summed E-state index contributed by atoms with van der Waals surface area (Å²) in [5.41, 5.74) is 2.52. The Morgan fingerprint density at radius 2 is 1.15 bits per heavy atom. The first kappa shape index (κ1) is 25.1. The van der Waals surface area contributed by atoms with Crippen LogP contribution in [-0.2, 0) is 10.1 Å². The van der Waals surface area contributed by atoms with E-state index in [1.54, 1.807) is 0 Å². The maximum Gasteiger partial charge on any atom is 0.295 e. The van der Waals surface area contributed by atoms with Crippen molar-refractivity contribution in [1.82, 2.24) is 4.90 Å². The maximum absolute atomic E-state index is 11.7. The van der Waals surface area contributed by atoms with Gasteiger partial charge in [0.25, 0.3) is 10.1 Å². The first-order valence-electron chi connectivity index (χ1n) is 9.77. The van der Waals surface area contributed by atoms with Crippen molar-refractivity contribution in [1.29, 1.82) is 0 Å². The fourth-order valence-corrected chi connectivity index (χ4v) is 4.04. The van der Waals surface area contributed by atoms with Crippen LogP contribution in [0.1, 0.15) is 96.8 Å². The van der Waals surface area contributed by atoms with E-state index < -0.39 is 10.1 Å². The van der Waals surface area contributed by atoms with Crippen molar-refractivity contribution >= 4 is 10.1 Å². The molecule has 0 bridgehead atoms. The Kier molecular flexibility index (Phi) is 10.7. The van der Waals surface area contributed by atoms with Crippen LogP contribution in [0.4, 0.5) is 0 Å². The predicted octanol–water partition coefficient (Wildman–Crippen LogP) is 5.65. The number of nitrogens with zero attached hydrogens (tertiary/aromatic N) is 1. The largest absolute Gasteiger partial charge is 0.304 e. The normalized spacial score (nSPS) is 12.1. The minimum absolute atomic E-state index is 0.0492. The van der Waals surface area contributed by atoms with Gasteiger partial charge in [0.1, 0.15) is 4.90 Å². The number of rotatable bonds is 7. The zero-order valence-electron chi connectivity index (χ0n) is 18.1. The molecule has 152 valence electrons. The van der Waals surface area contributed by atoms with Crippen molar-refractivity contribution in [3.05, 3.63) is 28.8 Å². The third-order valence-corrected chi connectivity index (χ3v) is 5.67. The van der Waals surface area contributed by atoms with Crippen LogP contribution in [0.2, 0.25) is 0 Å². The molecule has 0 atom stereocenters. The summed E-state index contributed by atoms with van der Waals surface area (Å²) in [5, 5.41) is 0. The molecule has 0 saturated heterocycles. The SMILES string of the molecule is CC(C)c1cc(C(C)C)c(S(=O)(=O)O)c(C(C)C)c1.CCN(CC)CC. The van der Waals surface area contributed by atoms with E-state index in [2.05, 4.69) is 39.5 Å². The van der Waals surface area contributed by atoms with Gasteiger partial charge in [-0.3, -0.25) is 4.55 Å². The molecule has 1 N–H and O–H groups in total. The van der Waals surface area contributed by atoms with Gasteiger partial charge in [-0.05, 0) is 54.1 Å². The summed E-state index contributed by atoms with van der Waals surface area (Å²) in [6.45, 7) is 22.1. The van der Waals surface area contributed by atoms with Crippen LogP contribution in [0.5, 0.6) is 0 Å². The lowest BCUT2D eigenvalue weighted by Crippen LogP contribution is -2.21. The third-order valence-electron chi connectivity index (χ3n) is 4.68. The average Bonchev–Trinajstić information content (AvgIpc) is 2.54. The number of hydrogen-bond donors (Lipinski definition) is 1. The fourth-order valence-electron chi connectivity index (χ4n) is 2.86. The molecule has 0 aromatic heterocycles. The van der Waals surface area contributed by atoms with Crippen LogP contribution in [0.25, 0.3) is 0 Å². The molecule has 0 unspecified atom stereocenters. The molecule has 0 heterocycles. The molecule has 0 aliphatic rings. The second kappa shape index (κ2) is 11.1. The van der Waals surface area contributed by atoms with Crippen molar-refractivity contribution in [3.63, 3.8) is 0 Å². The number of benzene rings is 1. The highest BCUT2D eigenvalue weighted by molar-refractivity contribution is 7.86. The quantitative estimate of drug-likeness (QED) is 0.616. The van der Waals surface area contributed by atoms with Crippen LogP contribution < -0.4 is 0 Å². The second-order valence-electron chi connectivity index (χ2n) is 7.59. The highest BCUT2D eigenvalue weighted by atomic mass is 32.2. The lowest BCUT2D eigenvalue weighted by Gasteiger charge is -2.20. The first-order valence-corrected chi connectivity index (χ1v) is 11.2. The summed E-state index contributed by atoms with van der Waals surface area (Å²) in [4.78, 5) is 2.47. The van der Waals surface area contributed by atoms with Gasteiger partial charge in [-0.25, -0.2) is 0 Å². The van der Waals surface area contributed by atoms with Gasteiger partial charge in [-0.1, -0.05) is 74.4 Å². The van der Waals surface area contributed by atoms with Crippen molar-refractivity contribution in [3.8, 4) is 0 Å². The van der Waals surface area contributed by atoms with E-state index in [4.69, 9.17) is 0 Å². The molecule has 1 aromatic carbocycles. The summed E-state index contributed by atoms with van der Waals surface area (Å²) in [5.74, 6) is 0.423.